The normalized spacial score (nSPS) is 15.9. The number of benzene rings is 1. The molecule has 2 nitrogen and oxygen atoms in total. The molecule has 1 aliphatic rings. The molecule has 0 bridgehead atoms. The number of carbonyl (C=O) groups excluding carboxylic acids is 1. The Morgan fingerprint density at radius 2 is 1.71 bits per heavy atom. The standard InChI is InChI=1S/C18H18BrNO/c19-17-10-16(11-20-12-17)18(21)15-8-6-14(7-9-15)13-4-2-1-3-5-13/h6-13H,1-5H2. The molecule has 1 aromatic heterocycles. The van der Waals surface area contributed by atoms with E-state index in [1.807, 2.05) is 18.2 Å². The second kappa shape index (κ2) is 6.52. The summed E-state index contributed by atoms with van der Waals surface area (Å²) in [7, 11) is 0. The number of aromatic nitrogens is 1. The van der Waals surface area contributed by atoms with Crippen molar-refractivity contribution in [2.45, 2.75) is 38.0 Å². The van der Waals surface area contributed by atoms with Gasteiger partial charge in [-0.3, -0.25) is 9.78 Å². The molecule has 108 valence electrons. The van der Waals surface area contributed by atoms with Gasteiger partial charge in [0.25, 0.3) is 0 Å². The average molecular weight is 344 g/mol. The van der Waals surface area contributed by atoms with Gasteiger partial charge in [-0.2, -0.15) is 0 Å². The number of nitrogens with zero attached hydrogens (tertiary/aromatic N) is 1. The minimum Gasteiger partial charge on any atom is -0.289 e. The fraction of sp³-hybridized carbons (Fsp3) is 0.333. The second-order valence-electron chi connectivity index (χ2n) is 5.68. The molecular formula is C18H18BrNO. The predicted molar refractivity (Wildman–Crippen MR) is 87.6 cm³/mol. The van der Waals surface area contributed by atoms with Crippen LogP contribution in [0, 0.1) is 0 Å². The van der Waals surface area contributed by atoms with Crippen molar-refractivity contribution in [3.05, 3.63) is 63.9 Å². The summed E-state index contributed by atoms with van der Waals surface area (Å²) in [5.74, 6) is 0.703. The molecule has 1 fully saturated rings. The van der Waals surface area contributed by atoms with E-state index in [4.69, 9.17) is 0 Å². The van der Waals surface area contributed by atoms with Crippen LogP contribution in [0.3, 0.4) is 0 Å². The minimum absolute atomic E-state index is 0.0268. The Morgan fingerprint density at radius 1 is 1.00 bits per heavy atom. The van der Waals surface area contributed by atoms with E-state index in [9.17, 15) is 4.79 Å². The number of pyridine rings is 1. The summed E-state index contributed by atoms with van der Waals surface area (Å²) < 4.78 is 0.826. The van der Waals surface area contributed by atoms with E-state index in [1.54, 1.807) is 12.4 Å². The first-order chi connectivity index (χ1) is 10.2. The molecule has 0 N–H and O–H groups in total. The molecule has 0 unspecified atom stereocenters. The van der Waals surface area contributed by atoms with E-state index in [2.05, 4.69) is 33.0 Å². The highest BCUT2D eigenvalue weighted by Gasteiger charge is 2.16. The summed E-state index contributed by atoms with van der Waals surface area (Å²) >= 11 is 3.35. The van der Waals surface area contributed by atoms with Crippen molar-refractivity contribution >= 4 is 21.7 Å². The third-order valence-electron chi connectivity index (χ3n) is 4.22. The SMILES string of the molecule is O=C(c1ccc(C2CCCCC2)cc1)c1cncc(Br)c1. The van der Waals surface area contributed by atoms with E-state index in [-0.39, 0.29) is 5.78 Å². The van der Waals surface area contributed by atoms with Crippen LogP contribution in [0.25, 0.3) is 0 Å². The topological polar surface area (TPSA) is 30.0 Å². The van der Waals surface area contributed by atoms with Crippen molar-refractivity contribution in [2.24, 2.45) is 0 Å². The van der Waals surface area contributed by atoms with Crippen LogP contribution in [0.5, 0.6) is 0 Å². The molecule has 0 spiro atoms. The maximum Gasteiger partial charge on any atom is 0.194 e. The van der Waals surface area contributed by atoms with Gasteiger partial charge >= 0.3 is 0 Å². The molecule has 0 atom stereocenters. The molecule has 3 rings (SSSR count). The number of hydrogen-bond donors (Lipinski definition) is 0. The van der Waals surface area contributed by atoms with Crippen molar-refractivity contribution in [3.8, 4) is 0 Å². The first kappa shape index (κ1) is 14.5. The Kier molecular flexibility index (Phi) is 4.49. The predicted octanol–water partition coefficient (Wildman–Crippen LogP) is 5.12. The molecule has 3 heteroatoms. The van der Waals surface area contributed by atoms with E-state index in [0.29, 0.717) is 11.5 Å². The zero-order chi connectivity index (χ0) is 14.7. The Hall–Kier alpha value is -1.48. The largest absolute Gasteiger partial charge is 0.289 e. The van der Waals surface area contributed by atoms with Crippen LogP contribution in [-0.4, -0.2) is 10.8 Å². The summed E-state index contributed by atoms with van der Waals surface area (Å²) in [5, 5.41) is 0. The molecule has 1 aromatic carbocycles. The molecule has 2 aromatic rings. The number of hydrogen-bond acceptors (Lipinski definition) is 2. The van der Waals surface area contributed by atoms with Gasteiger partial charge in [-0.15, -0.1) is 0 Å². The maximum absolute atomic E-state index is 12.4. The molecule has 1 heterocycles. The molecule has 1 saturated carbocycles. The minimum atomic E-state index is 0.0268. The molecule has 0 radical (unpaired) electrons. The first-order valence-corrected chi connectivity index (χ1v) is 8.28. The van der Waals surface area contributed by atoms with Gasteiger partial charge in [0, 0.05) is 28.0 Å². The van der Waals surface area contributed by atoms with Gasteiger partial charge in [0.15, 0.2) is 5.78 Å². The van der Waals surface area contributed by atoms with E-state index in [0.717, 1.165) is 10.0 Å². The fourth-order valence-corrected chi connectivity index (χ4v) is 3.41. The number of ketones is 1. The number of halogens is 1. The van der Waals surface area contributed by atoms with Crippen LogP contribution in [-0.2, 0) is 0 Å². The lowest BCUT2D eigenvalue weighted by molar-refractivity contribution is 0.103. The van der Waals surface area contributed by atoms with Crippen molar-refractivity contribution in [2.75, 3.05) is 0 Å². The summed E-state index contributed by atoms with van der Waals surface area (Å²) in [6.45, 7) is 0. The Bertz CT molecular complexity index is 630. The highest BCUT2D eigenvalue weighted by atomic mass is 79.9. The third-order valence-corrected chi connectivity index (χ3v) is 4.65. The number of carbonyl (C=O) groups is 1. The van der Waals surface area contributed by atoms with Crippen molar-refractivity contribution < 1.29 is 4.79 Å². The van der Waals surface area contributed by atoms with E-state index < -0.39 is 0 Å². The van der Waals surface area contributed by atoms with Gasteiger partial charge in [-0.1, -0.05) is 43.5 Å². The summed E-state index contributed by atoms with van der Waals surface area (Å²) in [6, 6.07) is 9.95. The average Bonchev–Trinajstić information content (AvgIpc) is 2.55. The Labute approximate surface area is 133 Å². The van der Waals surface area contributed by atoms with Gasteiger partial charge in [-0.05, 0) is 46.3 Å². The van der Waals surface area contributed by atoms with E-state index >= 15 is 0 Å². The van der Waals surface area contributed by atoms with Crippen LogP contribution in [0.15, 0.2) is 47.2 Å². The van der Waals surface area contributed by atoms with Gasteiger partial charge in [0.2, 0.25) is 0 Å². The first-order valence-electron chi connectivity index (χ1n) is 7.49. The second-order valence-corrected chi connectivity index (χ2v) is 6.59. The summed E-state index contributed by atoms with van der Waals surface area (Å²) in [6.07, 6.45) is 9.88. The highest BCUT2D eigenvalue weighted by Crippen LogP contribution is 2.32. The van der Waals surface area contributed by atoms with Crippen LogP contribution >= 0.6 is 15.9 Å². The van der Waals surface area contributed by atoms with Crippen molar-refractivity contribution in [1.82, 2.24) is 4.98 Å². The zero-order valence-corrected chi connectivity index (χ0v) is 13.5. The lowest BCUT2D eigenvalue weighted by Crippen LogP contribution is -2.06. The quantitative estimate of drug-likeness (QED) is 0.723. The molecule has 0 aliphatic heterocycles. The Balaban J connectivity index is 1.78. The van der Waals surface area contributed by atoms with Crippen LogP contribution in [0.4, 0.5) is 0 Å². The van der Waals surface area contributed by atoms with Crippen LogP contribution in [0.2, 0.25) is 0 Å². The van der Waals surface area contributed by atoms with Crippen LogP contribution < -0.4 is 0 Å². The summed E-state index contributed by atoms with van der Waals surface area (Å²) in [4.78, 5) is 16.5. The molecule has 1 aliphatic carbocycles. The maximum atomic E-state index is 12.4. The fourth-order valence-electron chi connectivity index (χ4n) is 3.05. The smallest absolute Gasteiger partial charge is 0.194 e. The highest BCUT2D eigenvalue weighted by molar-refractivity contribution is 9.10. The van der Waals surface area contributed by atoms with Gasteiger partial charge in [0.1, 0.15) is 0 Å². The lowest BCUT2D eigenvalue weighted by atomic mass is 9.84. The van der Waals surface area contributed by atoms with Crippen molar-refractivity contribution in [1.29, 1.82) is 0 Å². The van der Waals surface area contributed by atoms with Crippen LogP contribution in [0.1, 0.15) is 59.5 Å². The molecule has 0 amide bonds. The molecule has 21 heavy (non-hydrogen) atoms. The van der Waals surface area contributed by atoms with Gasteiger partial charge in [0.05, 0.1) is 0 Å². The lowest BCUT2D eigenvalue weighted by Gasteiger charge is -2.22. The third kappa shape index (κ3) is 3.41. The molecule has 0 saturated heterocycles. The monoisotopic (exact) mass is 343 g/mol. The van der Waals surface area contributed by atoms with Gasteiger partial charge < -0.3 is 0 Å². The zero-order valence-electron chi connectivity index (χ0n) is 11.9. The number of rotatable bonds is 3. The summed E-state index contributed by atoms with van der Waals surface area (Å²) in [5.41, 5.74) is 2.72. The Morgan fingerprint density at radius 3 is 2.38 bits per heavy atom. The van der Waals surface area contributed by atoms with E-state index in [1.165, 1.54) is 37.7 Å². The molecular weight excluding hydrogens is 326 g/mol. The van der Waals surface area contributed by atoms with Gasteiger partial charge in [-0.25, -0.2) is 0 Å². The van der Waals surface area contributed by atoms with Crippen molar-refractivity contribution in [3.63, 3.8) is 0 Å².